The Bertz CT molecular complexity index is 1220. The molecule has 0 bridgehead atoms. The Morgan fingerprint density at radius 2 is 1.53 bits per heavy atom. The van der Waals surface area contributed by atoms with Gasteiger partial charge in [0.1, 0.15) is 22.1 Å². The quantitative estimate of drug-likeness (QED) is 0.499. The summed E-state index contributed by atoms with van der Waals surface area (Å²) in [5, 5.41) is 2.66. The minimum atomic E-state index is -4.11. The molecular weight excluding hydrogens is 456 g/mol. The van der Waals surface area contributed by atoms with Gasteiger partial charge in [-0.25, -0.2) is 8.42 Å². The van der Waals surface area contributed by atoms with Gasteiger partial charge in [-0.2, -0.15) is 0 Å². The Labute approximate surface area is 191 Å². The smallest absolute Gasteiger partial charge is 0.263 e. The van der Waals surface area contributed by atoms with Gasteiger partial charge in [-0.15, -0.1) is 0 Å². The lowest BCUT2D eigenvalue weighted by atomic mass is 10.2. The third kappa shape index (κ3) is 5.24. The Morgan fingerprint density at radius 3 is 2.16 bits per heavy atom. The second kappa shape index (κ2) is 9.80. The van der Waals surface area contributed by atoms with Gasteiger partial charge < -0.3 is 19.5 Å². The number of sulfonamides is 1. The van der Waals surface area contributed by atoms with Gasteiger partial charge in [-0.3, -0.25) is 9.52 Å². The largest absolute Gasteiger partial charge is 0.497 e. The van der Waals surface area contributed by atoms with E-state index in [-0.39, 0.29) is 21.2 Å². The molecule has 0 unspecified atom stereocenters. The molecule has 0 fully saturated rings. The summed E-state index contributed by atoms with van der Waals surface area (Å²) in [6.07, 6.45) is 0. The van der Waals surface area contributed by atoms with E-state index in [9.17, 15) is 13.2 Å². The first-order valence-corrected chi connectivity index (χ1v) is 11.1. The van der Waals surface area contributed by atoms with E-state index in [1.54, 1.807) is 42.5 Å². The van der Waals surface area contributed by atoms with Crippen LogP contribution in [0.3, 0.4) is 0 Å². The van der Waals surface area contributed by atoms with Crippen LogP contribution in [0, 0.1) is 0 Å². The molecular formula is C22H21ClN2O6S. The molecule has 3 rings (SSSR count). The molecule has 3 aromatic rings. The molecule has 0 atom stereocenters. The predicted octanol–water partition coefficient (Wildman–Crippen LogP) is 4.42. The van der Waals surface area contributed by atoms with E-state index in [2.05, 4.69) is 10.0 Å². The number of benzene rings is 3. The fourth-order valence-corrected chi connectivity index (χ4v) is 4.46. The normalized spacial score (nSPS) is 10.9. The first-order valence-electron chi connectivity index (χ1n) is 9.27. The number of carbonyl (C=O) groups is 1. The monoisotopic (exact) mass is 476 g/mol. The van der Waals surface area contributed by atoms with Gasteiger partial charge in [0.15, 0.2) is 0 Å². The van der Waals surface area contributed by atoms with Crippen molar-refractivity contribution >= 4 is 38.9 Å². The zero-order chi connectivity index (χ0) is 23.3. The van der Waals surface area contributed by atoms with E-state index in [0.717, 1.165) is 0 Å². The molecule has 1 amide bonds. The van der Waals surface area contributed by atoms with Crippen LogP contribution in [0.15, 0.2) is 65.6 Å². The molecule has 10 heteroatoms. The van der Waals surface area contributed by atoms with Crippen molar-refractivity contribution in [3.8, 4) is 17.2 Å². The number of nitrogens with one attached hydrogen (secondary N) is 2. The zero-order valence-corrected chi connectivity index (χ0v) is 19.1. The van der Waals surface area contributed by atoms with Crippen LogP contribution in [0.25, 0.3) is 0 Å². The summed E-state index contributed by atoms with van der Waals surface area (Å²) in [5.74, 6) is 0.777. The number of amides is 1. The van der Waals surface area contributed by atoms with Gasteiger partial charge in [-0.05, 0) is 30.3 Å². The molecule has 2 N–H and O–H groups in total. The maximum Gasteiger partial charge on any atom is 0.263 e. The number of para-hydroxylation sites is 2. The second-order valence-corrected chi connectivity index (χ2v) is 8.56. The summed E-state index contributed by atoms with van der Waals surface area (Å²) < 4.78 is 44.0. The average molecular weight is 477 g/mol. The molecule has 0 saturated carbocycles. The molecule has 0 saturated heterocycles. The number of hydrogen-bond acceptors (Lipinski definition) is 6. The highest BCUT2D eigenvalue weighted by Gasteiger charge is 2.22. The summed E-state index contributed by atoms with van der Waals surface area (Å²) in [7, 11) is 0.303. The minimum absolute atomic E-state index is 0.0352. The van der Waals surface area contributed by atoms with Gasteiger partial charge in [0.2, 0.25) is 0 Å². The van der Waals surface area contributed by atoms with Gasteiger partial charge in [0.25, 0.3) is 15.9 Å². The van der Waals surface area contributed by atoms with Crippen molar-refractivity contribution in [2.75, 3.05) is 31.4 Å². The number of anilines is 2. The van der Waals surface area contributed by atoms with Crippen LogP contribution >= 0.6 is 11.6 Å². The van der Waals surface area contributed by atoms with Crippen molar-refractivity contribution in [3.05, 3.63) is 71.2 Å². The van der Waals surface area contributed by atoms with Crippen molar-refractivity contribution in [1.82, 2.24) is 0 Å². The number of hydrogen-bond donors (Lipinski definition) is 2. The van der Waals surface area contributed by atoms with E-state index in [0.29, 0.717) is 22.9 Å². The molecule has 0 spiro atoms. The van der Waals surface area contributed by atoms with Gasteiger partial charge in [0, 0.05) is 29.4 Å². The summed E-state index contributed by atoms with van der Waals surface area (Å²) in [6, 6.07) is 15.4. The van der Waals surface area contributed by atoms with E-state index in [1.165, 1.54) is 39.5 Å². The van der Waals surface area contributed by atoms with Crippen LogP contribution in [0.1, 0.15) is 10.4 Å². The number of carbonyl (C=O) groups excluding carboxylic acids is 1. The number of rotatable bonds is 8. The number of halogens is 1. The Balaban J connectivity index is 1.90. The zero-order valence-electron chi connectivity index (χ0n) is 17.5. The highest BCUT2D eigenvalue weighted by atomic mass is 35.5. The van der Waals surface area contributed by atoms with Crippen LogP contribution in [-0.2, 0) is 10.0 Å². The van der Waals surface area contributed by atoms with E-state index in [4.69, 9.17) is 25.8 Å². The van der Waals surface area contributed by atoms with Gasteiger partial charge in [0.05, 0.1) is 32.0 Å². The Kier molecular flexibility index (Phi) is 7.12. The van der Waals surface area contributed by atoms with Crippen LogP contribution in [-0.4, -0.2) is 35.7 Å². The lowest BCUT2D eigenvalue weighted by Gasteiger charge is -2.14. The lowest BCUT2D eigenvalue weighted by molar-refractivity contribution is 0.102. The SMILES string of the molecule is COc1cc(NC(=O)c2ccc(Cl)c(S(=O)(=O)Nc3ccccc3OC)c2)cc(OC)c1. The summed E-state index contributed by atoms with van der Waals surface area (Å²) in [6.45, 7) is 0. The summed E-state index contributed by atoms with van der Waals surface area (Å²) >= 11 is 6.15. The van der Waals surface area contributed by atoms with Crippen LogP contribution < -0.4 is 24.2 Å². The Hall–Kier alpha value is -3.43. The fourth-order valence-electron chi connectivity index (χ4n) is 2.86. The molecule has 3 aromatic carbocycles. The molecule has 168 valence electrons. The molecule has 0 radical (unpaired) electrons. The second-order valence-electron chi connectivity index (χ2n) is 6.51. The van der Waals surface area contributed by atoms with Crippen molar-refractivity contribution in [2.45, 2.75) is 4.90 Å². The Morgan fingerprint density at radius 1 is 0.875 bits per heavy atom. The van der Waals surface area contributed by atoms with Gasteiger partial charge >= 0.3 is 0 Å². The van der Waals surface area contributed by atoms with E-state index >= 15 is 0 Å². The van der Waals surface area contributed by atoms with Crippen LogP contribution in [0.5, 0.6) is 17.2 Å². The molecule has 0 heterocycles. The summed E-state index contributed by atoms with van der Waals surface area (Å²) in [5.41, 5.74) is 0.749. The molecule has 0 aromatic heterocycles. The maximum atomic E-state index is 13.0. The van der Waals surface area contributed by atoms with Crippen molar-refractivity contribution in [1.29, 1.82) is 0 Å². The van der Waals surface area contributed by atoms with Crippen LogP contribution in [0.4, 0.5) is 11.4 Å². The van der Waals surface area contributed by atoms with Crippen LogP contribution in [0.2, 0.25) is 5.02 Å². The minimum Gasteiger partial charge on any atom is -0.497 e. The molecule has 0 aliphatic carbocycles. The average Bonchev–Trinajstić information content (AvgIpc) is 2.78. The molecule has 8 nitrogen and oxygen atoms in total. The third-order valence-electron chi connectivity index (χ3n) is 4.44. The first-order chi connectivity index (χ1) is 15.3. The predicted molar refractivity (Wildman–Crippen MR) is 123 cm³/mol. The van der Waals surface area contributed by atoms with Crippen molar-refractivity contribution in [2.24, 2.45) is 0 Å². The van der Waals surface area contributed by atoms with E-state index < -0.39 is 15.9 Å². The van der Waals surface area contributed by atoms with Gasteiger partial charge in [-0.1, -0.05) is 23.7 Å². The summed E-state index contributed by atoms with van der Waals surface area (Å²) in [4.78, 5) is 12.5. The topological polar surface area (TPSA) is 103 Å². The standard InChI is InChI=1S/C22H21ClN2O6S/c1-29-16-11-15(12-17(13-16)30-2)24-22(26)14-8-9-18(23)21(10-14)32(27,28)25-19-6-4-5-7-20(19)31-3/h4-13,25H,1-3H3,(H,24,26). The lowest BCUT2D eigenvalue weighted by Crippen LogP contribution is -2.17. The number of ether oxygens (including phenoxy) is 3. The molecule has 32 heavy (non-hydrogen) atoms. The third-order valence-corrected chi connectivity index (χ3v) is 6.29. The number of methoxy groups -OCH3 is 3. The van der Waals surface area contributed by atoms with Crippen molar-refractivity contribution in [3.63, 3.8) is 0 Å². The highest BCUT2D eigenvalue weighted by Crippen LogP contribution is 2.30. The fraction of sp³-hybridized carbons (Fsp3) is 0.136. The first kappa shape index (κ1) is 23.2. The maximum absolute atomic E-state index is 13.0. The van der Waals surface area contributed by atoms with Crippen molar-refractivity contribution < 1.29 is 27.4 Å². The molecule has 0 aliphatic rings. The highest BCUT2D eigenvalue weighted by molar-refractivity contribution is 7.92. The van der Waals surface area contributed by atoms with E-state index in [1.807, 2.05) is 0 Å². The molecule has 0 aliphatic heterocycles.